The van der Waals surface area contributed by atoms with E-state index in [-0.39, 0.29) is 24.8 Å². The minimum atomic E-state index is -0.280. The first-order valence-corrected chi connectivity index (χ1v) is 5.75. The first-order chi connectivity index (χ1) is 7.60. The van der Waals surface area contributed by atoms with Gasteiger partial charge in [-0.2, -0.15) is 0 Å². The predicted octanol–water partition coefficient (Wildman–Crippen LogP) is 0.444. The molecular formula is C11H22N2O3. The van der Waals surface area contributed by atoms with Crippen LogP contribution < -0.4 is 10.6 Å². The van der Waals surface area contributed by atoms with Crippen molar-refractivity contribution in [3.8, 4) is 0 Å². The molecule has 0 bridgehead atoms. The fourth-order valence-electron chi connectivity index (χ4n) is 1.01. The molecule has 0 aliphatic rings. The molecule has 1 unspecified atom stereocenters. The van der Waals surface area contributed by atoms with Crippen molar-refractivity contribution in [3.05, 3.63) is 0 Å². The Kier molecular flexibility index (Phi) is 8.52. The maximum Gasteiger partial charge on any atom is 0.307 e. The molecule has 5 heteroatoms. The highest BCUT2D eigenvalue weighted by Crippen LogP contribution is 1.87. The van der Waals surface area contributed by atoms with Crippen LogP contribution in [0, 0.1) is 0 Å². The Labute approximate surface area is 96.9 Å². The summed E-state index contributed by atoms with van der Waals surface area (Å²) in [5.74, 6) is -0.373. The summed E-state index contributed by atoms with van der Waals surface area (Å²) >= 11 is 0. The van der Waals surface area contributed by atoms with E-state index >= 15 is 0 Å². The van der Waals surface area contributed by atoms with Gasteiger partial charge in [0.15, 0.2) is 0 Å². The molecule has 0 saturated heterocycles. The quantitative estimate of drug-likeness (QED) is 0.594. The molecule has 0 spiro atoms. The van der Waals surface area contributed by atoms with Gasteiger partial charge >= 0.3 is 5.97 Å². The van der Waals surface area contributed by atoms with Gasteiger partial charge in [0.1, 0.15) is 0 Å². The topological polar surface area (TPSA) is 67.4 Å². The van der Waals surface area contributed by atoms with Crippen LogP contribution in [0.5, 0.6) is 0 Å². The van der Waals surface area contributed by atoms with Crippen molar-refractivity contribution in [2.45, 2.75) is 39.7 Å². The van der Waals surface area contributed by atoms with Gasteiger partial charge < -0.3 is 15.4 Å². The molecule has 0 aliphatic heterocycles. The molecule has 0 rings (SSSR count). The van der Waals surface area contributed by atoms with Gasteiger partial charge in [0.25, 0.3) is 0 Å². The van der Waals surface area contributed by atoms with E-state index in [9.17, 15) is 9.59 Å². The summed E-state index contributed by atoms with van der Waals surface area (Å²) < 4.78 is 4.73. The monoisotopic (exact) mass is 230 g/mol. The van der Waals surface area contributed by atoms with Gasteiger partial charge in [-0.25, -0.2) is 0 Å². The van der Waals surface area contributed by atoms with Gasteiger partial charge in [0.05, 0.1) is 19.6 Å². The molecule has 5 nitrogen and oxygen atoms in total. The zero-order valence-corrected chi connectivity index (χ0v) is 10.3. The molecule has 94 valence electrons. The Balaban J connectivity index is 3.47. The smallest absolute Gasteiger partial charge is 0.307 e. The summed E-state index contributed by atoms with van der Waals surface area (Å²) in [5, 5.41) is 5.72. The molecular weight excluding hydrogens is 208 g/mol. The maximum absolute atomic E-state index is 11.3. The van der Waals surface area contributed by atoms with Crippen molar-refractivity contribution >= 4 is 11.9 Å². The lowest BCUT2D eigenvalue weighted by Crippen LogP contribution is -2.38. The molecule has 0 saturated carbocycles. The molecule has 0 heterocycles. The molecule has 0 aromatic heterocycles. The maximum atomic E-state index is 11.3. The second kappa shape index (κ2) is 9.15. The van der Waals surface area contributed by atoms with Crippen LogP contribution in [-0.4, -0.2) is 37.6 Å². The number of ether oxygens (including phenoxy) is 1. The van der Waals surface area contributed by atoms with Crippen molar-refractivity contribution in [1.82, 2.24) is 10.6 Å². The summed E-state index contributed by atoms with van der Waals surface area (Å²) in [6.45, 7) is 6.83. The van der Waals surface area contributed by atoms with Crippen LogP contribution in [0.3, 0.4) is 0 Å². The van der Waals surface area contributed by atoms with E-state index in [1.807, 2.05) is 6.92 Å². The van der Waals surface area contributed by atoms with Crippen molar-refractivity contribution in [1.29, 1.82) is 0 Å². The highest BCUT2D eigenvalue weighted by Gasteiger charge is 2.05. The first kappa shape index (κ1) is 14.9. The van der Waals surface area contributed by atoms with Crippen LogP contribution in [0.4, 0.5) is 0 Å². The third-order valence-electron chi connectivity index (χ3n) is 2.18. The average molecular weight is 230 g/mol. The normalized spacial score (nSPS) is 11.9. The van der Waals surface area contributed by atoms with Crippen LogP contribution in [0.15, 0.2) is 0 Å². The Morgan fingerprint density at radius 3 is 2.56 bits per heavy atom. The molecule has 0 aromatic rings. The van der Waals surface area contributed by atoms with E-state index in [1.165, 1.54) is 0 Å². The van der Waals surface area contributed by atoms with E-state index in [1.54, 1.807) is 6.92 Å². The Morgan fingerprint density at radius 1 is 1.31 bits per heavy atom. The fourth-order valence-corrected chi connectivity index (χ4v) is 1.01. The molecule has 1 atom stereocenters. The highest BCUT2D eigenvalue weighted by atomic mass is 16.5. The molecule has 0 aliphatic carbocycles. The van der Waals surface area contributed by atoms with E-state index in [0.29, 0.717) is 19.2 Å². The standard InChI is InChI=1S/C11H22N2O3/c1-4-9(3)13-8-10(14)12-7-6-11(15)16-5-2/h9,13H,4-8H2,1-3H3,(H,12,14). The van der Waals surface area contributed by atoms with E-state index < -0.39 is 0 Å². The van der Waals surface area contributed by atoms with Crippen molar-refractivity contribution < 1.29 is 14.3 Å². The minimum absolute atomic E-state index is 0.0930. The van der Waals surface area contributed by atoms with Crippen LogP contribution in [0.1, 0.15) is 33.6 Å². The van der Waals surface area contributed by atoms with Gasteiger partial charge in [0.2, 0.25) is 5.91 Å². The number of amides is 1. The number of carbonyl (C=O) groups is 2. The lowest BCUT2D eigenvalue weighted by molar-refractivity contribution is -0.143. The Hall–Kier alpha value is -1.10. The Morgan fingerprint density at radius 2 is 2.00 bits per heavy atom. The molecule has 0 radical (unpaired) electrons. The third kappa shape index (κ3) is 8.23. The lowest BCUT2D eigenvalue weighted by Gasteiger charge is -2.10. The zero-order valence-electron chi connectivity index (χ0n) is 10.3. The van der Waals surface area contributed by atoms with Crippen molar-refractivity contribution in [2.75, 3.05) is 19.7 Å². The van der Waals surface area contributed by atoms with Crippen molar-refractivity contribution in [2.24, 2.45) is 0 Å². The largest absolute Gasteiger partial charge is 0.466 e. The Bertz CT molecular complexity index is 219. The summed E-state index contributed by atoms with van der Waals surface area (Å²) in [5.41, 5.74) is 0. The number of esters is 1. The van der Waals surface area contributed by atoms with E-state index in [0.717, 1.165) is 6.42 Å². The fraction of sp³-hybridized carbons (Fsp3) is 0.818. The van der Waals surface area contributed by atoms with Crippen LogP contribution in [-0.2, 0) is 14.3 Å². The number of hydrogen-bond donors (Lipinski definition) is 2. The summed E-state index contributed by atoms with van der Waals surface area (Å²) in [6.07, 6.45) is 1.21. The minimum Gasteiger partial charge on any atom is -0.466 e. The van der Waals surface area contributed by atoms with Gasteiger partial charge in [-0.15, -0.1) is 0 Å². The highest BCUT2D eigenvalue weighted by molar-refractivity contribution is 5.78. The third-order valence-corrected chi connectivity index (χ3v) is 2.18. The summed E-state index contributed by atoms with van der Waals surface area (Å²) in [6, 6.07) is 0.329. The van der Waals surface area contributed by atoms with Crippen molar-refractivity contribution in [3.63, 3.8) is 0 Å². The molecule has 0 aromatic carbocycles. The van der Waals surface area contributed by atoms with Crippen LogP contribution >= 0.6 is 0 Å². The average Bonchev–Trinajstić information content (AvgIpc) is 2.26. The number of rotatable bonds is 8. The number of hydrogen-bond acceptors (Lipinski definition) is 4. The SMILES string of the molecule is CCOC(=O)CCNC(=O)CNC(C)CC. The zero-order chi connectivity index (χ0) is 12.4. The van der Waals surface area contributed by atoms with E-state index in [2.05, 4.69) is 17.6 Å². The molecule has 1 amide bonds. The molecule has 0 fully saturated rings. The summed E-state index contributed by atoms with van der Waals surface area (Å²) in [4.78, 5) is 22.2. The van der Waals surface area contributed by atoms with Crippen LogP contribution in [0.25, 0.3) is 0 Å². The van der Waals surface area contributed by atoms with E-state index in [4.69, 9.17) is 4.74 Å². The molecule has 16 heavy (non-hydrogen) atoms. The number of nitrogens with one attached hydrogen (secondary N) is 2. The van der Waals surface area contributed by atoms with Gasteiger partial charge in [-0.05, 0) is 20.3 Å². The second-order valence-corrected chi connectivity index (χ2v) is 3.60. The summed E-state index contributed by atoms with van der Waals surface area (Å²) in [7, 11) is 0. The van der Waals surface area contributed by atoms with Gasteiger partial charge in [-0.1, -0.05) is 6.92 Å². The number of carbonyl (C=O) groups excluding carboxylic acids is 2. The first-order valence-electron chi connectivity index (χ1n) is 5.75. The van der Waals surface area contributed by atoms with Gasteiger partial charge in [-0.3, -0.25) is 9.59 Å². The van der Waals surface area contributed by atoms with Crippen LogP contribution in [0.2, 0.25) is 0 Å². The predicted molar refractivity (Wildman–Crippen MR) is 62.0 cm³/mol. The molecule has 2 N–H and O–H groups in total. The second-order valence-electron chi connectivity index (χ2n) is 3.60. The lowest BCUT2D eigenvalue weighted by atomic mass is 10.2. The van der Waals surface area contributed by atoms with Gasteiger partial charge in [0, 0.05) is 12.6 Å².